The summed E-state index contributed by atoms with van der Waals surface area (Å²) in [5, 5.41) is 4.19. The molecule has 100 valence electrons. The van der Waals surface area contributed by atoms with Crippen LogP contribution in [0.1, 0.15) is 19.3 Å². The highest BCUT2D eigenvalue weighted by atomic mass is 35.5. The summed E-state index contributed by atoms with van der Waals surface area (Å²) in [7, 11) is 0. The number of thiazole rings is 1. The predicted molar refractivity (Wildman–Crippen MR) is 83.4 cm³/mol. The van der Waals surface area contributed by atoms with Crippen LogP contribution in [0.15, 0.2) is 18.2 Å². The molecule has 19 heavy (non-hydrogen) atoms. The van der Waals surface area contributed by atoms with E-state index in [-0.39, 0.29) is 11.3 Å². The Labute approximate surface area is 125 Å². The van der Waals surface area contributed by atoms with Gasteiger partial charge in [-0.2, -0.15) is 12.6 Å². The summed E-state index contributed by atoms with van der Waals surface area (Å²) in [6.45, 7) is 0. The van der Waals surface area contributed by atoms with Gasteiger partial charge in [0, 0.05) is 11.4 Å². The van der Waals surface area contributed by atoms with Crippen LogP contribution in [-0.4, -0.2) is 16.6 Å². The molecule has 0 radical (unpaired) electrons. The summed E-state index contributed by atoms with van der Waals surface area (Å²) in [4.78, 5) is 16.3. The normalized spacial score (nSPS) is 16.5. The second kappa shape index (κ2) is 4.96. The molecule has 1 N–H and O–H groups in total. The Balaban J connectivity index is 1.72. The first kappa shape index (κ1) is 13.2. The van der Waals surface area contributed by atoms with Gasteiger partial charge in [0.1, 0.15) is 0 Å². The van der Waals surface area contributed by atoms with Gasteiger partial charge in [-0.05, 0) is 42.2 Å². The van der Waals surface area contributed by atoms with E-state index >= 15 is 0 Å². The fourth-order valence-corrected chi connectivity index (χ4v) is 3.61. The molecule has 0 bridgehead atoms. The van der Waals surface area contributed by atoms with Gasteiger partial charge in [0.05, 0.1) is 10.2 Å². The number of nitrogens with one attached hydrogen (secondary N) is 1. The summed E-state index contributed by atoms with van der Waals surface area (Å²) in [6, 6.07) is 5.52. The minimum Gasteiger partial charge on any atom is -0.302 e. The zero-order valence-corrected chi connectivity index (χ0v) is 12.6. The third-order valence-electron chi connectivity index (χ3n) is 3.42. The molecule has 1 aromatic carbocycles. The molecule has 1 amide bonds. The second-order valence-corrected chi connectivity index (χ2v) is 6.80. The zero-order chi connectivity index (χ0) is 13.5. The predicted octanol–water partition coefficient (Wildman–Crippen LogP) is 3.99. The topological polar surface area (TPSA) is 42.0 Å². The van der Waals surface area contributed by atoms with Gasteiger partial charge in [-0.1, -0.05) is 22.9 Å². The molecule has 3 nitrogen and oxygen atoms in total. The number of halogens is 1. The Morgan fingerprint density at radius 2 is 2.32 bits per heavy atom. The van der Waals surface area contributed by atoms with E-state index in [1.54, 1.807) is 6.07 Å². The van der Waals surface area contributed by atoms with Crippen molar-refractivity contribution in [3.05, 3.63) is 23.2 Å². The van der Waals surface area contributed by atoms with Crippen LogP contribution in [0.5, 0.6) is 0 Å². The standard InChI is InChI=1S/C13H13ClN2OS2/c14-8-1-2-9-10(5-8)19-12(15-9)16-11(17)6-13(7-18)3-4-13/h1-2,5,18H,3-4,6-7H2,(H,15,16,17). The van der Waals surface area contributed by atoms with E-state index < -0.39 is 0 Å². The first-order chi connectivity index (χ1) is 9.10. The highest BCUT2D eigenvalue weighted by Crippen LogP contribution is 2.49. The number of aromatic nitrogens is 1. The summed E-state index contributed by atoms with van der Waals surface area (Å²) < 4.78 is 0.984. The molecule has 0 atom stereocenters. The number of anilines is 1. The maximum Gasteiger partial charge on any atom is 0.226 e. The lowest BCUT2D eigenvalue weighted by Crippen LogP contribution is -2.18. The molecule has 2 aromatic rings. The maximum atomic E-state index is 12.0. The van der Waals surface area contributed by atoms with Gasteiger partial charge in [-0.25, -0.2) is 4.98 Å². The molecule has 0 spiro atoms. The van der Waals surface area contributed by atoms with Gasteiger partial charge < -0.3 is 5.32 Å². The van der Waals surface area contributed by atoms with Gasteiger partial charge in [0.2, 0.25) is 5.91 Å². The van der Waals surface area contributed by atoms with Gasteiger partial charge in [-0.3, -0.25) is 4.79 Å². The number of carbonyl (C=O) groups excluding carboxylic acids is 1. The number of hydrogen-bond donors (Lipinski definition) is 2. The molecule has 1 aliphatic rings. The number of rotatable bonds is 4. The Bertz CT molecular complexity index is 637. The molecule has 0 unspecified atom stereocenters. The monoisotopic (exact) mass is 312 g/mol. The van der Waals surface area contributed by atoms with Crippen molar-refractivity contribution in [1.29, 1.82) is 0 Å². The van der Waals surface area contributed by atoms with Crippen molar-refractivity contribution in [3.8, 4) is 0 Å². The fraction of sp³-hybridized carbons (Fsp3) is 0.385. The van der Waals surface area contributed by atoms with E-state index in [2.05, 4.69) is 22.9 Å². The molecule has 1 saturated carbocycles. The summed E-state index contributed by atoms with van der Waals surface area (Å²) in [6.07, 6.45) is 2.73. The van der Waals surface area contributed by atoms with Gasteiger partial charge >= 0.3 is 0 Å². The minimum atomic E-state index is 0.0247. The Hall–Kier alpha value is -0.780. The van der Waals surface area contributed by atoms with E-state index in [0.29, 0.717) is 16.6 Å². The molecule has 1 heterocycles. The van der Waals surface area contributed by atoms with Crippen LogP contribution in [-0.2, 0) is 4.79 Å². The summed E-state index contributed by atoms with van der Waals surface area (Å²) in [5.74, 6) is 0.798. The van der Waals surface area contributed by atoms with Crippen molar-refractivity contribution in [2.75, 3.05) is 11.1 Å². The molecule has 1 aromatic heterocycles. The number of hydrogen-bond acceptors (Lipinski definition) is 4. The number of benzene rings is 1. The molecule has 0 aliphatic heterocycles. The van der Waals surface area contributed by atoms with E-state index in [1.165, 1.54) is 11.3 Å². The van der Waals surface area contributed by atoms with Gasteiger partial charge in [0.15, 0.2) is 5.13 Å². The number of fused-ring (bicyclic) bond motifs is 1. The van der Waals surface area contributed by atoms with E-state index in [0.717, 1.165) is 28.8 Å². The number of thiol groups is 1. The minimum absolute atomic E-state index is 0.0247. The van der Waals surface area contributed by atoms with Gasteiger partial charge in [-0.15, -0.1) is 0 Å². The third kappa shape index (κ3) is 2.88. The van der Waals surface area contributed by atoms with Crippen molar-refractivity contribution in [3.63, 3.8) is 0 Å². The van der Waals surface area contributed by atoms with Crippen LogP contribution in [0.3, 0.4) is 0 Å². The molecule has 3 rings (SSSR count). The highest BCUT2D eigenvalue weighted by molar-refractivity contribution is 7.80. The Morgan fingerprint density at radius 1 is 1.53 bits per heavy atom. The lowest BCUT2D eigenvalue weighted by Gasteiger charge is -2.09. The van der Waals surface area contributed by atoms with E-state index in [9.17, 15) is 4.79 Å². The lowest BCUT2D eigenvalue weighted by atomic mass is 10.1. The highest BCUT2D eigenvalue weighted by Gasteiger charge is 2.42. The van der Waals surface area contributed by atoms with E-state index in [1.807, 2.05) is 12.1 Å². The maximum absolute atomic E-state index is 12.0. The van der Waals surface area contributed by atoms with Crippen molar-refractivity contribution >= 4 is 56.8 Å². The average molecular weight is 313 g/mol. The van der Waals surface area contributed by atoms with Crippen molar-refractivity contribution in [2.45, 2.75) is 19.3 Å². The van der Waals surface area contributed by atoms with Crippen LogP contribution in [0.2, 0.25) is 5.02 Å². The lowest BCUT2D eigenvalue weighted by molar-refractivity contribution is -0.117. The molecular formula is C13H13ClN2OS2. The van der Waals surface area contributed by atoms with Crippen LogP contribution in [0.4, 0.5) is 5.13 Å². The molecule has 6 heteroatoms. The Morgan fingerprint density at radius 3 is 3.00 bits per heavy atom. The quantitative estimate of drug-likeness (QED) is 0.838. The van der Waals surface area contributed by atoms with Crippen LogP contribution >= 0.6 is 35.6 Å². The van der Waals surface area contributed by atoms with E-state index in [4.69, 9.17) is 11.6 Å². The van der Waals surface area contributed by atoms with Crippen LogP contribution in [0.25, 0.3) is 10.2 Å². The zero-order valence-electron chi connectivity index (χ0n) is 10.1. The average Bonchev–Trinajstić information content (AvgIpc) is 3.02. The van der Waals surface area contributed by atoms with Crippen molar-refractivity contribution in [1.82, 2.24) is 4.98 Å². The fourth-order valence-electron chi connectivity index (χ4n) is 2.02. The number of amides is 1. The molecular weight excluding hydrogens is 300 g/mol. The van der Waals surface area contributed by atoms with Crippen molar-refractivity contribution in [2.24, 2.45) is 5.41 Å². The summed E-state index contributed by atoms with van der Waals surface area (Å²) in [5.41, 5.74) is 0.993. The van der Waals surface area contributed by atoms with Gasteiger partial charge in [0.25, 0.3) is 0 Å². The SMILES string of the molecule is O=C(CC1(CS)CC1)Nc1nc2ccc(Cl)cc2s1. The first-order valence-corrected chi connectivity index (χ1v) is 7.90. The number of nitrogens with zero attached hydrogens (tertiary/aromatic N) is 1. The molecule has 1 fully saturated rings. The number of carbonyl (C=O) groups is 1. The van der Waals surface area contributed by atoms with Crippen molar-refractivity contribution < 1.29 is 4.79 Å². The first-order valence-electron chi connectivity index (χ1n) is 6.07. The molecule has 0 saturated heterocycles. The van der Waals surface area contributed by atoms with Crippen LogP contribution in [0, 0.1) is 5.41 Å². The van der Waals surface area contributed by atoms with Crippen LogP contribution < -0.4 is 5.32 Å². The largest absolute Gasteiger partial charge is 0.302 e. The third-order valence-corrected chi connectivity index (χ3v) is 5.26. The smallest absolute Gasteiger partial charge is 0.226 e. The summed E-state index contributed by atoms with van der Waals surface area (Å²) >= 11 is 11.7. The molecule has 1 aliphatic carbocycles. The second-order valence-electron chi connectivity index (χ2n) is 5.01. The Kier molecular flexibility index (Phi) is 3.45.